The van der Waals surface area contributed by atoms with E-state index in [4.69, 9.17) is 0 Å². The van der Waals surface area contributed by atoms with Gasteiger partial charge in [-0.15, -0.1) is 0 Å². The fourth-order valence-electron chi connectivity index (χ4n) is 2.72. The van der Waals surface area contributed by atoms with Crippen LogP contribution in [0.3, 0.4) is 0 Å². The minimum atomic E-state index is -0.697. The number of nitrogens with zero attached hydrogens (tertiary/aromatic N) is 2. The Morgan fingerprint density at radius 2 is 1.50 bits per heavy atom. The molecule has 0 saturated carbocycles. The molecular weight excluding hydrogens is 296 g/mol. The van der Waals surface area contributed by atoms with Crippen LogP contribution in [0, 0.1) is 11.3 Å². The van der Waals surface area contributed by atoms with Crippen LogP contribution in [0.4, 0.5) is 0 Å². The highest BCUT2D eigenvalue weighted by atomic mass is 16.1. The van der Waals surface area contributed by atoms with Gasteiger partial charge < -0.3 is 0 Å². The summed E-state index contributed by atoms with van der Waals surface area (Å²) in [6.07, 6.45) is 2.26. The van der Waals surface area contributed by atoms with E-state index in [1.54, 1.807) is 0 Å². The third kappa shape index (κ3) is 5.33. The third-order valence-electron chi connectivity index (χ3n) is 4.03. The fourth-order valence-corrected chi connectivity index (χ4v) is 2.72. The minimum Gasteiger partial charge on any atom is -0.297 e. The summed E-state index contributed by atoms with van der Waals surface area (Å²) in [5.74, 6) is 0.0196. The molecule has 0 spiro atoms. The second kappa shape index (κ2) is 9.64. The van der Waals surface area contributed by atoms with Gasteiger partial charge in [0.25, 0.3) is 0 Å². The highest BCUT2D eigenvalue weighted by Crippen LogP contribution is 2.15. The van der Waals surface area contributed by atoms with Gasteiger partial charge in [0.2, 0.25) is 0 Å². The zero-order chi connectivity index (χ0) is 17.2. The molecule has 0 heterocycles. The highest BCUT2D eigenvalue weighted by Gasteiger charge is 2.25. The van der Waals surface area contributed by atoms with Crippen molar-refractivity contribution >= 4 is 5.78 Å². The van der Waals surface area contributed by atoms with Crippen molar-refractivity contribution in [2.24, 2.45) is 0 Å². The van der Waals surface area contributed by atoms with E-state index in [0.717, 1.165) is 24.0 Å². The number of nitriles is 1. The molecule has 0 saturated heterocycles. The summed E-state index contributed by atoms with van der Waals surface area (Å²) in [7, 11) is 0. The van der Waals surface area contributed by atoms with E-state index < -0.39 is 6.04 Å². The summed E-state index contributed by atoms with van der Waals surface area (Å²) in [5.41, 5.74) is 2.22. The zero-order valence-corrected chi connectivity index (χ0v) is 14.2. The zero-order valence-electron chi connectivity index (χ0n) is 14.2. The lowest BCUT2D eigenvalue weighted by atomic mass is 10.0. The molecule has 3 nitrogen and oxygen atoms in total. The van der Waals surface area contributed by atoms with Gasteiger partial charge in [0.1, 0.15) is 0 Å². The smallest absolute Gasteiger partial charge is 0.164 e. The van der Waals surface area contributed by atoms with Crippen LogP contribution in [-0.4, -0.2) is 16.7 Å². The molecule has 24 heavy (non-hydrogen) atoms. The molecule has 0 aliphatic rings. The molecule has 124 valence electrons. The van der Waals surface area contributed by atoms with E-state index in [1.165, 1.54) is 0 Å². The average molecular weight is 320 g/mol. The van der Waals surface area contributed by atoms with Crippen LogP contribution in [0.5, 0.6) is 0 Å². The summed E-state index contributed by atoms with van der Waals surface area (Å²) in [6, 6.07) is 21.5. The number of rotatable bonds is 9. The maximum atomic E-state index is 12.5. The van der Waals surface area contributed by atoms with Gasteiger partial charge in [-0.25, -0.2) is 0 Å². The van der Waals surface area contributed by atoms with Crippen LogP contribution in [0.25, 0.3) is 0 Å². The summed E-state index contributed by atoms with van der Waals surface area (Å²) in [5, 5.41) is 9.61. The van der Waals surface area contributed by atoms with Crippen molar-refractivity contribution in [3.05, 3.63) is 71.8 Å². The number of Topliss-reactive ketones (excluding diaryl/α,β-unsaturated/α-hetero) is 1. The highest BCUT2D eigenvalue weighted by molar-refractivity contribution is 5.86. The first-order chi connectivity index (χ1) is 11.7. The van der Waals surface area contributed by atoms with Gasteiger partial charge in [0.15, 0.2) is 11.8 Å². The van der Waals surface area contributed by atoms with E-state index in [-0.39, 0.29) is 5.78 Å². The summed E-state index contributed by atoms with van der Waals surface area (Å²) >= 11 is 0. The lowest BCUT2D eigenvalue weighted by Gasteiger charge is -2.26. The van der Waals surface area contributed by atoms with Gasteiger partial charge in [0.05, 0.1) is 6.07 Å². The van der Waals surface area contributed by atoms with Gasteiger partial charge in [0, 0.05) is 19.5 Å². The molecule has 1 unspecified atom stereocenters. The number of ketones is 1. The molecule has 2 aromatic carbocycles. The topological polar surface area (TPSA) is 44.1 Å². The van der Waals surface area contributed by atoms with Crippen molar-refractivity contribution in [3.63, 3.8) is 0 Å². The number of unbranched alkanes of at least 4 members (excludes halogenated alkanes) is 1. The second-order valence-electron chi connectivity index (χ2n) is 5.98. The predicted molar refractivity (Wildman–Crippen MR) is 96.1 cm³/mol. The van der Waals surface area contributed by atoms with Crippen LogP contribution in [-0.2, 0) is 17.9 Å². The monoisotopic (exact) mass is 320 g/mol. The van der Waals surface area contributed by atoms with Crippen LogP contribution in [0.1, 0.15) is 37.3 Å². The maximum absolute atomic E-state index is 12.5. The van der Waals surface area contributed by atoms with E-state index in [1.807, 2.05) is 65.6 Å². The van der Waals surface area contributed by atoms with Crippen molar-refractivity contribution in [1.82, 2.24) is 4.90 Å². The van der Waals surface area contributed by atoms with Crippen LogP contribution in [0.15, 0.2) is 60.7 Å². The maximum Gasteiger partial charge on any atom is 0.164 e. The van der Waals surface area contributed by atoms with E-state index in [9.17, 15) is 10.1 Å². The Balaban J connectivity index is 2.20. The number of carbonyl (C=O) groups excluding carboxylic acids is 1. The molecule has 0 aliphatic carbocycles. The Labute approximate surface area is 144 Å². The van der Waals surface area contributed by atoms with Crippen LogP contribution >= 0.6 is 0 Å². The van der Waals surface area contributed by atoms with Crippen molar-refractivity contribution in [3.8, 4) is 6.07 Å². The van der Waals surface area contributed by atoms with Crippen molar-refractivity contribution in [2.75, 3.05) is 0 Å². The fraction of sp³-hybridized carbons (Fsp3) is 0.333. The first kappa shape index (κ1) is 17.9. The molecule has 0 radical (unpaired) electrons. The van der Waals surface area contributed by atoms with Crippen LogP contribution < -0.4 is 0 Å². The summed E-state index contributed by atoms with van der Waals surface area (Å²) < 4.78 is 0. The molecule has 2 rings (SSSR count). The van der Waals surface area contributed by atoms with Gasteiger partial charge >= 0.3 is 0 Å². The molecule has 0 amide bonds. The molecule has 0 bridgehead atoms. The lowest BCUT2D eigenvalue weighted by molar-refractivity contribution is -0.123. The van der Waals surface area contributed by atoms with Gasteiger partial charge in [-0.2, -0.15) is 5.26 Å². The minimum absolute atomic E-state index is 0.0196. The first-order valence-electron chi connectivity index (χ1n) is 8.48. The van der Waals surface area contributed by atoms with Crippen molar-refractivity contribution in [2.45, 2.75) is 45.3 Å². The Bertz CT molecular complexity index is 620. The largest absolute Gasteiger partial charge is 0.297 e. The SMILES string of the molecule is CCCCC(=O)C(C#N)N(Cc1ccccc1)Cc1ccccc1. The molecule has 0 aliphatic heterocycles. The van der Waals surface area contributed by atoms with E-state index in [2.05, 4.69) is 13.0 Å². The number of hydrogen-bond acceptors (Lipinski definition) is 3. The molecular formula is C21H24N2O. The summed E-state index contributed by atoms with van der Waals surface area (Å²) in [6.45, 7) is 3.23. The van der Waals surface area contributed by atoms with E-state index in [0.29, 0.717) is 19.5 Å². The normalized spacial score (nSPS) is 11.9. The Kier molecular flexibility index (Phi) is 7.20. The number of benzene rings is 2. The molecule has 3 heteroatoms. The Morgan fingerprint density at radius 3 is 1.92 bits per heavy atom. The van der Waals surface area contributed by atoms with Crippen LogP contribution in [0.2, 0.25) is 0 Å². The molecule has 0 N–H and O–H groups in total. The third-order valence-corrected chi connectivity index (χ3v) is 4.03. The second-order valence-corrected chi connectivity index (χ2v) is 5.98. The summed E-state index contributed by atoms with van der Waals surface area (Å²) in [4.78, 5) is 14.5. The molecule has 1 atom stereocenters. The lowest BCUT2D eigenvalue weighted by Crippen LogP contribution is -2.39. The molecule has 0 fully saturated rings. The molecule has 2 aromatic rings. The first-order valence-corrected chi connectivity index (χ1v) is 8.48. The van der Waals surface area contributed by atoms with Crippen molar-refractivity contribution < 1.29 is 4.79 Å². The van der Waals surface area contributed by atoms with Gasteiger partial charge in [-0.1, -0.05) is 74.0 Å². The van der Waals surface area contributed by atoms with Crippen molar-refractivity contribution in [1.29, 1.82) is 5.26 Å². The Hall–Kier alpha value is -2.44. The predicted octanol–water partition coefficient (Wildman–Crippen LogP) is 4.34. The van der Waals surface area contributed by atoms with Gasteiger partial charge in [-0.3, -0.25) is 9.69 Å². The number of carbonyl (C=O) groups is 1. The average Bonchev–Trinajstić information content (AvgIpc) is 2.62. The quantitative estimate of drug-likeness (QED) is 0.690. The molecule has 0 aromatic heterocycles. The van der Waals surface area contributed by atoms with Gasteiger partial charge in [-0.05, 0) is 17.5 Å². The number of hydrogen-bond donors (Lipinski definition) is 0. The van der Waals surface area contributed by atoms with E-state index >= 15 is 0 Å². The Morgan fingerprint density at radius 1 is 1.00 bits per heavy atom. The standard InChI is InChI=1S/C21H24N2O/c1-2-3-14-21(24)20(15-22)23(16-18-10-6-4-7-11-18)17-19-12-8-5-9-13-19/h4-13,20H,2-3,14,16-17H2,1H3.